The number of carboxylic acid groups (broad SMARTS) is 1. The summed E-state index contributed by atoms with van der Waals surface area (Å²) < 4.78 is 46.2. The first-order valence-corrected chi connectivity index (χ1v) is 19.1. The number of rotatable bonds is 12. The van der Waals surface area contributed by atoms with Gasteiger partial charge in [-0.1, -0.05) is 41.5 Å². The fourth-order valence-corrected chi connectivity index (χ4v) is 10.4. The van der Waals surface area contributed by atoms with Crippen LogP contribution in [0.2, 0.25) is 0 Å². The van der Waals surface area contributed by atoms with Gasteiger partial charge in [0, 0.05) is 44.3 Å². The highest BCUT2D eigenvalue weighted by Crippen LogP contribution is 2.55. The van der Waals surface area contributed by atoms with Gasteiger partial charge >= 0.3 is 5.97 Å². The minimum Gasteiger partial charge on any atom is -0.481 e. The third-order valence-corrected chi connectivity index (χ3v) is 13.4. The summed E-state index contributed by atoms with van der Waals surface area (Å²) >= 11 is 0. The second-order valence-electron chi connectivity index (χ2n) is 16.7. The zero-order valence-electron chi connectivity index (χ0n) is 31.7. The molecule has 5 rings (SSSR count). The molecule has 5 heterocycles. The Hall–Kier alpha value is -0.890. The van der Waals surface area contributed by atoms with Crippen molar-refractivity contribution < 1.29 is 53.3 Å². The number of methoxy groups -OCH3 is 1. The third-order valence-electron chi connectivity index (χ3n) is 13.4. The Morgan fingerprint density at radius 1 is 1.00 bits per heavy atom. The Labute approximate surface area is 294 Å². The largest absolute Gasteiger partial charge is 0.481 e. The van der Waals surface area contributed by atoms with Crippen molar-refractivity contribution in [2.45, 2.75) is 179 Å². The van der Waals surface area contributed by atoms with Crippen molar-refractivity contribution in [1.29, 1.82) is 0 Å². The van der Waals surface area contributed by atoms with Crippen LogP contribution in [0.25, 0.3) is 0 Å². The molecule has 0 saturated carbocycles. The van der Waals surface area contributed by atoms with Gasteiger partial charge in [-0.2, -0.15) is 0 Å². The molecule has 0 bridgehead atoms. The summed E-state index contributed by atoms with van der Waals surface area (Å²) in [6.45, 7) is 18.6. The van der Waals surface area contributed by atoms with Crippen LogP contribution in [-0.2, 0) is 38.0 Å². The van der Waals surface area contributed by atoms with E-state index in [2.05, 4.69) is 34.6 Å². The van der Waals surface area contributed by atoms with E-state index < -0.39 is 53.0 Å². The lowest BCUT2D eigenvalue weighted by molar-refractivity contribution is -0.341. The lowest BCUT2D eigenvalue weighted by Crippen LogP contribution is -2.57. The number of carbonyl (C=O) groups is 1. The minimum absolute atomic E-state index is 0.0698. The van der Waals surface area contributed by atoms with Crippen LogP contribution < -0.4 is 0 Å². The van der Waals surface area contributed by atoms with Crippen LogP contribution in [0.5, 0.6) is 0 Å². The normalized spacial score (nSPS) is 49.3. The van der Waals surface area contributed by atoms with Crippen LogP contribution in [0.4, 0.5) is 0 Å². The van der Waals surface area contributed by atoms with Gasteiger partial charge in [0.25, 0.3) is 0 Å². The molecule has 0 amide bonds. The molecule has 1 spiro atoms. The van der Waals surface area contributed by atoms with Crippen molar-refractivity contribution in [3.8, 4) is 0 Å². The van der Waals surface area contributed by atoms with E-state index in [4.69, 9.17) is 33.2 Å². The highest BCUT2D eigenvalue weighted by atomic mass is 16.7. The minimum atomic E-state index is -1.01. The van der Waals surface area contributed by atoms with Crippen molar-refractivity contribution in [2.24, 2.45) is 35.5 Å². The average molecular weight is 699 g/mol. The zero-order valence-corrected chi connectivity index (χ0v) is 31.7. The lowest BCUT2D eigenvalue weighted by Gasteiger charge is -2.49. The van der Waals surface area contributed by atoms with Gasteiger partial charge in [0.2, 0.25) is 0 Å². The third kappa shape index (κ3) is 7.11. The molecule has 284 valence electrons. The maximum absolute atomic E-state index is 11.9. The van der Waals surface area contributed by atoms with E-state index in [1.807, 2.05) is 20.8 Å². The Morgan fingerprint density at radius 3 is 2.33 bits per heavy atom. The molecule has 5 fully saturated rings. The van der Waals surface area contributed by atoms with Crippen molar-refractivity contribution in [3.63, 3.8) is 0 Å². The molecule has 5 aliphatic rings. The Kier molecular flexibility index (Phi) is 11.9. The molecule has 5 saturated heterocycles. The van der Waals surface area contributed by atoms with Crippen LogP contribution >= 0.6 is 0 Å². The second kappa shape index (κ2) is 14.9. The molecule has 11 heteroatoms. The number of carboxylic acids is 1. The number of ether oxygens (including phenoxy) is 7. The zero-order chi connectivity index (χ0) is 36.1. The van der Waals surface area contributed by atoms with Gasteiger partial charge in [-0.05, 0) is 71.1 Å². The van der Waals surface area contributed by atoms with E-state index in [0.717, 1.165) is 38.5 Å². The van der Waals surface area contributed by atoms with E-state index in [1.165, 1.54) is 7.11 Å². The van der Waals surface area contributed by atoms with Gasteiger partial charge in [0.1, 0.15) is 0 Å². The summed E-state index contributed by atoms with van der Waals surface area (Å²) in [5, 5.41) is 31.4. The number of aliphatic carboxylic acids is 1. The fraction of sp³-hybridized carbons (Fsp3) is 0.974. The Morgan fingerprint density at radius 2 is 1.71 bits per heavy atom. The van der Waals surface area contributed by atoms with E-state index >= 15 is 0 Å². The quantitative estimate of drug-likeness (QED) is 0.244. The van der Waals surface area contributed by atoms with Crippen LogP contribution in [0.15, 0.2) is 0 Å². The first-order valence-electron chi connectivity index (χ1n) is 19.1. The maximum Gasteiger partial charge on any atom is 0.308 e. The van der Waals surface area contributed by atoms with Gasteiger partial charge in [-0.3, -0.25) is 4.79 Å². The Balaban J connectivity index is 1.29. The molecule has 0 aliphatic carbocycles. The molecule has 17 atom stereocenters. The number of hydrogen-bond acceptors (Lipinski definition) is 10. The lowest BCUT2D eigenvalue weighted by atomic mass is 9.78. The molecule has 0 aromatic rings. The molecule has 49 heavy (non-hydrogen) atoms. The molecular formula is C38H66O11. The standard InChI is InChI=1S/C38H66O11/c1-11-36(33-22(4)18-28(45-33)30-21(3)17-23(5)38(20-39,48-30)44-12-2)14-13-29(46-36)35(9)15-16-37(49-35)19-27(40)24(6)32(47-37)25(7)31(43-10)26(8)34(41)42/h21-33,39-40H,11-20H2,1-10H3,(H,41,42). The topological polar surface area (TPSA) is 142 Å². The maximum atomic E-state index is 11.9. The molecule has 11 nitrogen and oxygen atoms in total. The van der Waals surface area contributed by atoms with Crippen molar-refractivity contribution in [1.82, 2.24) is 0 Å². The molecule has 3 N–H and O–H groups in total. The SMILES string of the molecule is CCOC1(CO)OC(C2CC(C)C(C3(CC)CCC(C4(C)CCC5(CC(O)C(C)C(C(C)C(OC)C(C)C(=O)O)O5)O4)O3)O2)C(C)CC1C. The average Bonchev–Trinajstić information content (AvgIpc) is 3.77. The smallest absolute Gasteiger partial charge is 0.308 e. The Bertz CT molecular complexity index is 1140. The highest BCUT2D eigenvalue weighted by molar-refractivity contribution is 5.70. The van der Waals surface area contributed by atoms with Gasteiger partial charge in [-0.25, -0.2) is 0 Å². The summed E-state index contributed by atoms with van der Waals surface area (Å²) in [7, 11) is 1.53. The number of aliphatic hydroxyl groups is 2. The fourth-order valence-electron chi connectivity index (χ4n) is 10.4. The monoisotopic (exact) mass is 698 g/mol. The summed E-state index contributed by atoms with van der Waals surface area (Å²) in [6, 6.07) is 0. The number of aliphatic hydroxyl groups excluding tert-OH is 2. The van der Waals surface area contributed by atoms with Gasteiger partial charge in [0.15, 0.2) is 11.6 Å². The van der Waals surface area contributed by atoms with Crippen molar-refractivity contribution in [2.75, 3.05) is 20.3 Å². The van der Waals surface area contributed by atoms with Crippen LogP contribution in [-0.4, -0.2) is 107 Å². The number of hydrogen-bond donors (Lipinski definition) is 3. The predicted octanol–water partition coefficient (Wildman–Crippen LogP) is 5.32. The van der Waals surface area contributed by atoms with Gasteiger partial charge in [0.05, 0.1) is 66.5 Å². The summed E-state index contributed by atoms with van der Waals surface area (Å²) in [6.07, 6.45) is 3.60. The molecule has 17 unspecified atom stereocenters. The predicted molar refractivity (Wildman–Crippen MR) is 182 cm³/mol. The van der Waals surface area contributed by atoms with Crippen molar-refractivity contribution in [3.05, 3.63) is 0 Å². The molecule has 0 aromatic carbocycles. The van der Waals surface area contributed by atoms with E-state index in [-0.39, 0.29) is 60.6 Å². The van der Waals surface area contributed by atoms with Gasteiger partial charge < -0.3 is 48.5 Å². The molecular weight excluding hydrogens is 632 g/mol. The summed E-state index contributed by atoms with van der Waals surface area (Å²) in [4.78, 5) is 11.9. The van der Waals surface area contributed by atoms with E-state index in [1.54, 1.807) is 6.92 Å². The van der Waals surface area contributed by atoms with Crippen LogP contribution in [0, 0.1) is 35.5 Å². The highest BCUT2D eigenvalue weighted by Gasteiger charge is 2.62. The second-order valence-corrected chi connectivity index (χ2v) is 16.7. The first kappa shape index (κ1) is 39.3. The summed E-state index contributed by atoms with van der Waals surface area (Å²) in [5.74, 6) is -3.57. The van der Waals surface area contributed by atoms with Crippen LogP contribution in [0.1, 0.15) is 114 Å². The first-order chi connectivity index (χ1) is 23.0. The molecule has 0 radical (unpaired) electrons. The van der Waals surface area contributed by atoms with Crippen LogP contribution in [0.3, 0.4) is 0 Å². The van der Waals surface area contributed by atoms with E-state index in [0.29, 0.717) is 19.4 Å². The van der Waals surface area contributed by atoms with E-state index in [9.17, 15) is 20.1 Å². The molecule has 5 aliphatic heterocycles. The van der Waals surface area contributed by atoms with Gasteiger partial charge in [-0.15, -0.1) is 0 Å². The molecule has 0 aromatic heterocycles. The summed E-state index contributed by atoms with van der Waals surface area (Å²) in [5.41, 5.74) is -1.10. The van der Waals surface area contributed by atoms with Crippen molar-refractivity contribution >= 4 is 5.97 Å².